The van der Waals surface area contributed by atoms with Gasteiger partial charge in [0.05, 0.1) is 6.54 Å². The maximum absolute atomic E-state index is 12.7. The number of hydrogen-bond donors (Lipinski definition) is 0. The standard InChI is InChI=1S/C18H22N4O3/c23-18(17-14-24-15-4-1-2-5-16(15)25-17)21-11-8-20(9-12-21)10-13-22-7-3-6-19-22/h1-7,17H,8-14H2/t17-/m1/s1. The number of ether oxygens (including phenoxy) is 2. The molecule has 1 saturated heterocycles. The van der Waals surface area contributed by atoms with E-state index in [2.05, 4.69) is 10.00 Å². The Bertz CT molecular complexity index is 711. The monoisotopic (exact) mass is 342 g/mol. The van der Waals surface area contributed by atoms with Crippen LogP contribution in [0.15, 0.2) is 42.7 Å². The first-order valence-electron chi connectivity index (χ1n) is 8.67. The lowest BCUT2D eigenvalue weighted by atomic mass is 10.2. The second-order valence-electron chi connectivity index (χ2n) is 6.30. The predicted octanol–water partition coefficient (Wildman–Crippen LogP) is 0.867. The molecule has 2 aliphatic heterocycles. The number of rotatable bonds is 4. The molecule has 1 aromatic carbocycles. The summed E-state index contributed by atoms with van der Waals surface area (Å²) < 4.78 is 13.4. The number of fused-ring (bicyclic) bond motifs is 1. The Labute approximate surface area is 146 Å². The molecule has 0 spiro atoms. The molecule has 132 valence electrons. The summed E-state index contributed by atoms with van der Waals surface area (Å²) >= 11 is 0. The largest absolute Gasteiger partial charge is 0.485 e. The van der Waals surface area contributed by atoms with Gasteiger partial charge >= 0.3 is 0 Å². The van der Waals surface area contributed by atoms with Gasteiger partial charge in [-0.1, -0.05) is 12.1 Å². The van der Waals surface area contributed by atoms with Crippen LogP contribution in [0.2, 0.25) is 0 Å². The highest BCUT2D eigenvalue weighted by atomic mass is 16.6. The van der Waals surface area contributed by atoms with E-state index in [0.717, 1.165) is 39.3 Å². The molecule has 0 bridgehead atoms. The minimum absolute atomic E-state index is 0.0150. The smallest absolute Gasteiger partial charge is 0.267 e. The van der Waals surface area contributed by atoms with E-state index in [0.29, 0.717) is 11.5 Å². The Morgan fingerprint density at radius 3 is 2.64 bits per heavy atom. The number of amides is 1. The van der Waals surface area contributed by atoms with Crippen LogP contribution in [0.1, 0.15) is 0 Å². The Hall–Kier alpha value is -2.54. The summed E-state index contributed by atoms with van der Waals surface area (Å²) in [4.78, 5) is 16.9. The second-order valence-corrected chi connectivity index (χ2v) is 6.30. The van der Waals surface area contributed by atoms with Crippen molar-refractivity contribution in [3.8, 4) is 11.5 Å². The lowest BCUT2D eigenvalue weighted by Gasteiger charge is -2.37. The van der Waals surface area contributed by atoms with Gasteiger partial charge in [0.15, 0.2) is 11.5 Å². The fourth-order valence-corrected chi connectivity index (χ4v) is 3.21. The van der Waals surface area contributed by atoms with Gasteiger partial charge in [-0.3, -0.25) is 14.4 Å². The maximum Gasteiger partial charge on any atom is 0.267 e. The lowest BCUT2D eigenvalue weighted by molar-refractivity contribution is -0.143. The summed E-state index contributed by atoms with van der Waals surface area (Å²) in [7, 11) is 0. The van der Waals surface area contributed by atoms with Crippen LogP contribution in [0.25, 0.3) is 0 Å². The molecule has 0 radical (unpaired) electrons. The summed E-state index contributed by atoms with van der Waals surface area (Å²) in [6.45, 7) is 5.28. The molecule has 2 aromatic rings. The number of carbonyl (C=O) groups excluding carboxylic acids is 1. The van der Waals surface area contributed by atoms with Crippen LogP contribution >= 0.6 is 0 Å². The molecular weight excluding hydrogens is 320 g/mol. The van der Waals surface area contributed by atoms with Crippen molar-refractivity contribution >= 4 is 5.91 Å². The first kappa shape index (κ1) is 16.0. The minimum Gasteiger partial charge on any atom is -0.485 e. The van der Waals surface area contributed by atoms with E-state index in [1.54, 1.807) is 6.20 Å². The second kappa shape index (κ2) is 7.14. The quantitative estimate of drug-likeness (QED) is 0.825. The van der Waals surface area contributed by atoms with E-state index in [-0.39, 0.29) is 12.5 Å². The molecular formula is C18H22N4O3. The van der Waals surface area contributed by atoms with Gasteiger partial charge in [0.2, 0.25) is 6.10 Å². The van der Waals surface area contributed by atoms with E-state index in [1.807, 2.05) is 46.1 Å². The average Bonchev–Trinajstić information content (AvgIpc) is 3.19. The first-order valence-corrected chi connectivity index (χ1v) is 8.67. The van der Waals surface area contributed by atoms with E-state index in [4.69, 9.17) is 9.47 Å². The third-order valence-electron chi connectivity index (χ3n) is 4.67. The third-order valence-corrected chi connectivity index (χ3v) is 4.67. The zero-order chi connectivity index (χ0) is 17.1. The van der Waals surface area contributed by atoms with Gasteiger partial charge in [-0.05, 0) is 18.2 Å². The molecule has 1 atom stereocenters. The normalized spacial score (nSPS) is 20.5. The SMILES string of the molecule is O=C([C@H]1COc2ccccc2O1)N1CCN(CCn2cccn2)CC1. The molecule has 0 unspecified atom stereocenters. The number of aromatic nitrogens is 2. The van der Waals surface area contributed by atoms with Crippen molar-refractivity contribution in [3.05, 3.63) is 42.7 Å². The van der Waals surface area contributed by atoms with Gasteiger partial charge in [0.25, 0.3) is 5.91 Å². The third kappa shape index (κ3) is 3.61. The van der Waals surface area contributed by atoms with Gasteiger partial charge < -0.3 is 14.4 Å². The lowest BCUT2D eigenvalue weighted by Crippen LogP contribution is -2.54. The number of benzene rings is 1. The van der Waals surface area contributed by atoms with Crippen LogP contribution in [0.4, 0.5) is 0 Å². The van der Waals surface area contributed by atoms with Crippen molar-refractivity contribution in [2.75, 3.05) is 39.3 Å². The first-order chi connectivity index (χ1) is 12.3. The number of hydrogen-bond acceptors (Lipinski definition) is 5. The highest BCUT2D eigenvalue weighted by Gasteiger charge is 2.32. The van der Waals surface area contributed by atoms with Crippen molar-refractivity contribution in [3.63, 3.8) is 0 Å². The summed E-state index contributed by atoms with van der Waals surface area (Å²) in [6, 6.07) is 9.40. The molecule has 7 heteroatoms. The zero-order valence-corrected chi connectivity index (χ0v) is 14.1. The highest BCUT2D eigenvalue weighted by Crippen LogP contribution is 2.31. The van der Waals surface area contributed by atoms with Crippen molar-refractivity contribution < 1.29 is 14.3 Å². The highest BCUT2D eigenvalue weighted by molar-refractivity contribution is 5.82. The molecule has 0 aliphatic carbocycles. The van der Waals surface area contributed by atoms with Gasteiger partial charge in [0, 0.05) is 45.1 Å². The summed E-state index contributed by atoms with van der Waals surface area (Å²) in [5.74, 6) is 1.36. The number of carbonyl (C=O) groups is 1. The fraction of sp³-hybridized carbons (Fsp3) is 0.444. The van der Waals surface area contributed by atoms with Crippen LogP contribution in [-0.2, 0) is 11.3 Å². The molecule has 0 saturated carbocycles. The Kier molecular flexibility index (Phi) is 4.56. The van der Waals surface area contributed by atoms with E-state index in [1.165, 1.54) is 0 Å². The van der Waals surface area contributed by atoms with E-state index < -0.39 is 6.10 Å². The molecule has 0 N–H and O–H groups in total. The van der Waals surface area contributed by atoms with Crippen LogP contribution in [0.3, 0.4) is 0 Å². The average molecular weight is 342 g/mol. The Morgan fingerprint density at radius 2 is 1.88 bits per heavy atom. The van der Waals surface area contributed by atoms with Crippen LogP contribution in [0, 0.1) is 0 Å². The molecule has 1 aromatic heterocycles. The zero-order valence-electron chi connectivity index (χ0n) is 14.1. The van der Waals surface area contributed by atoms with Crippen molar-refractivity contribution in [2.24, 2.45) is 0 Å². The van der Waals surface area contributed by atoms with Crippen molar-refractivity contribution in [1.82, 2.24) is 19.6 Å². The minimum atomic E-state index is -0.550. The van der Waals surface area contributed by atoms with Crippen molar-refractivity contribution in [2.45, 2.75) is 12.6 Å². The topological polar surface area (TPSA) is 59.8 Å². The van der Waals surface area contributed by atoms with Crippen LogP contribution in [-0.4, -0.2) is 70.9 Å². The number of piperazine rings is 1. The maximum atomic E-state index is 12.7. The number of para-hydroxylation sites is 2. The number of nitrogens with zero attached hydrogens (tertiary/aromatic N) is 4. The summed E-state index contributed by atoms with van der Waals surface area (Å²) in [5, 5.41) is 4.22. The summed E-state index contributed by atoms with van der Waals surface area (Å²) in [5.41, 5.74) is 0. The molecule has 4 rings (SSSR count). The predicted molar refractivity (Wildman–Crippen MR) is 91.6 cm³/mol. The molecule has 1 amide bonds. The van der Waals surface area contributed by atoms with Gasteiger partial charge in [-0.2, -0.15) is 5.10 Å². The molecule has 2 aliphatic rings. The van der Waals surface area contributed by atoms with E-state index >= 15 is 0 Å². The fourth-order valence-electron chi connectivity index (χ4n) is 3.21. The molecule has 7 nitrogen and oxygen atoms in total. The van der Waals surface area contributed by atoms with Crippen molar-refractivity contribution in [1.29, 1.82) is 0 Å². The Morgan fingerprint density at radius 1 is 1.08 bits per heavy atom. The molecule has 1 fully saturated rings. The summed E-state index contributed by atoms with van der Waals surface area (Å²) in [6.07, 6.45) is 3.21. The molecule has 3 heterocycles. The van der Waals surface area contributed by atoms with Crippen LogP contribution in [0.5, 0.6) is 11.5 Å². The van der Waals surface area contributed by atoms with E-state index in [9.17, 15) is 4.79 Å². The van der Waals surface area contributed by atoms with Crippen LogP contribution < -0.4 is 9.47 Å². The molecule has 25 heavy (non-hydrogen) atoms. The van der Waals surface area contributed by atoms with Gasteiger partial charge in [-0.15, -0.1) is 0 Å². The van der Waals surface area contributed by atoms with Gasteiger partial charge in [0.1, 0.15) is 6.61 Å². The van der Waals surface area contributed by atoms with Gasteiger partial charge in [-0.25, -0.2) is 0 Å². The Balaban J connectivity index is 1.27.